The SMILES string of the molecule is CCCC(NN)c1cncc(C)c1. The summed E-state index contributed by atoms with van der Waals surface area (Å²) in [5, 5.41) is 0. The van der Waals surface area contributed by atoms with Crippen molar-refractivity contribution in [3.63, 3.8) is 0 Å². The lowest BCUT2D eigenvalue weighted by molar-refractivity contribution is 0.508. The topological polar surface area (TPSA) is 50.9 Å². The number of rotatable bonds is 4. The van der Waals surface area contributed by atoms with Crippen molar-refractivity contribution in [3.05, 3.63) is 29.6 Å². The van der Waals surface area contributed by atoms with E-state index in [1.54, 1.807) is 0 Å². The number of hydrogen-bond donors (Lipinski definition) is 2. The number of pyridine rings is 1. The summed E-state index contributed by atoms with van der Waals surface area (Å²) in [5.74, 6) is 5.46. The lowest BCUT2D eigenvalue weighted by atomic mass is 10.0. The van der Waals surface area contributed by atoms with Crippen molar-refractivity contribution in [2.75, 3.05) is 0 Å². The van der Waals surface area contributed by atoms with Crippen molar-refractivity contribution in [1.82, 2.24) is 10.4 Å². The average molecular weight is 179 g/mol. The molecule has 3 nitrogen and oxygen atoms in total. The predicted octanol–water partition coefficient (Wildman–Crippen LogP) is 1.69. The van der Waals surface area contributed by atoms with Gasteiger partial charge in [0.25, 0.3) is 0 Å². The number of nitrogens with one attached hydrogen (secondary N) is 1. The van der Waals surface area contributed by atoms with E-state index in [0.717, 1.165) is 12.8 Å². The summed E-state index contributed by atoms with van der Waals surface area (Å²) >= 11 is 0. The fourth-order valence-electron chi connectivity index (χ4n) is 1.40. The van der Waals surface area contributed by atoms with Gasteiger partial charge in [-0.3, -0.25) is 16.3 Å². The minimum Gasteiger partial charge on any atom is -0.271 e. The highest BCUT2D eigenvalue weighted by Crippen LogP contribution is 2.16. The molecule has 3 N–H and O–H groups in total. The second-order valence-corrected chi connectivity index (χ2v) is 3.30. The molecule has 3 heteroatoms. The van der Waals surface area contributed by atoms with Gasteiger partial charge in [-0.15, -0.1) is 0 Å². The predicted molar refractivity (Wildman–Crippen MR) is 53.9 cm³/mol. The van der Waals surface area contributed by atoms with E-state index in [1.165, 1.54) is 11.1 Å². The van der Waals surface area contributed by atoms with Crippen LogP contribution >= 0.6 is 0 Å². The zero-order valence-electron chi connectivity index (χ0n) is 8.25. The van der Waals surface area contributed by atoms with Gasteiger partial charge in [0.05, 0.1) is 0 Å². The highest BCUT2D eigenvalue weighted by molar-refractivity contribution is 5.19. The first kappa shape index (κ1) is 10.2. The quantitative estimate of drug-likeness (QED) is 0.546. The molecule has 0 aliphatic carbocycles. The van der Waals surface area contributed by atoms with Crippen molar-refractivity contribution in [3.8, 4) is 0 Å². The summed E-state index contributed by atoms with van der Waals surface area (Å²) in [5.41, 5.74) is 5.15. The standard InChI is InChI=1S/C10H17N3/c1-3-4-10(13-11)9-5-8(2)6-12-7-9/h5-7,10,13H,3-4,11H2,1-2H3. The van der Waals surface area contributed by atoms with Gasteiger partial charge in [0.1, 0.15) is 0 Å². The van der Waals surface area contributed by atoms with Crippen LogP contribution in [-0.4, -0.2) is 4.98 Å². The Morgan fingerprint density at radius 1 is 1.54 bits per heavy atom. The molecule has 0 saturated carbocycles. The van der Waals surface area contributed by atoms with E-state index in [9.17, 15) is 0 Å². The van der Waals surface area contributed by atoms with Crippen LogP contribution < -0.4 is 11.3 Å². The van der Waals surface area contributed by atoms with E-state index in [-0.39, 0.29) is 6.04 Å². The van der Waals surface area contributed by atoms with Gasteiger partial charge in [0, 0.05) is 18.4 Å². The van der Waals surface area contributed by atoms with Gasteiger partial charge in [-0.05, 0) is 24.5 Å². The number of hydrogen-bond acceptors (Lipinski definition) is 3. The number of aromatic nitrogens is 1. The van der Waals surface area contributed by atoms with Crippen LogP contribution in [0.2, 0.25) is 0 Å². The van der Waals surface area contributed by atoms with Crippen molar-refractivity contribution in [2.45, 2.75) is 32.7 Å². The lowest BCUT2D eigenvalue weighted by Gasteiger charge is -2.14. The first-order valence-electron chi connectivity index (χ1n) is 4.65. The Labute approximate surface area is 79.3 Å². The molecule has 0 radical (unpaired) electrons. The summed E-state index contributed by atoms with van der Waals surface area (Å²) in [6, 6.07) is 2.35. The molecule has 0 aliphatic rings. The average Bonchev–Trinajstić information content (AvgIpc) is 2.14. The van der Waals surface area contributed by atoms with Gasteiger partial charge in [-0.2, -0.15) is 0 Å². The first-order valence-corrected chi connectivity index (χ1v) is 4.65. The zero-order chi connectivity index (χ0) is 9.68. The number of aryl methyl sites for hydroxylation is 1. The van der Waals surface area contributed by atoms with Crippen molar-refractivity contribution >= 4 is 0 Å². The molecule has 0 fully saturated rings. The van der Waals surface area contributed by atoms with Crippen molar-refractivity contribution in [1.29, 1.82) is 0 Å². The van der Waals surface area contributed by atoms with E-state index in [2.05, 4.69) is 23.4 Å². The van der Waals surface area contributed by atoms with E-state index < -0.39 is 0 Å². The molecule has 13 heavy (non-hydrogen) atoms. The van der Waals surface area contributed by atoms with E-state index >= 15 is 0 Å². The molecule has 0 saturated heterocycles. The normalized spacial score (nSPS) is 12.8. The zero-order valence-corrected chi connectivity index (χ0v) is 8.25. The molecule has 1 heterocycles. The third-order valence-corrected chi connectivity index (χ3v) is 2.08. The van der Waals surface area contributed by atoms with Crippen LogP contribution in [-0.2, 0) is 0 Å². The van der Waals surface area contributed by atoms with Crippen LogP contribution in [0.5, 0.6) is 0 Å². The van der Waals surface area contributed by atoms with E-state index in [0.29, 0.717) is 0 Å². The van der Waals surface area contributed by atoms with Crippen LogP contribution in [0.25, 0.3) is 0 Å². The van der Waals surface area contributed by atoms with E-state index in [4.69, 9.17) is 5.84 Å². The fourth-order valence-corrected chi connectivity index (χ4v) is 1.40. The second kappa shape index (κ2) is 4.94. The van der Waals surface area contributed by atoms with Gasteiger partial charge in [0.2, 0.25) is 0 Å². The summed E-state index contributed by atoms with van der Waals surface area (Å²) < 4.78 is 0. The fraction of sp³-hybridized carbons (Fsp3) is 0.500. The Morgan fingerprint density at radius 2 is 2.31 bits per heavy atom. The lowest BCUT2D eigenvalue weighted by Crippen LogP contribution is -2.27. The molecule has 72 valence electrons. The maximum Gasteiger partial charge on any atom is 0.0475 e. The Morgan fingerprint density at radius 3 is 2.85 bits per heavy atom. The van der Waals surface area contributed by atoms with Gasteiger partial charge < -0.3 is 0 Å². The summed E-state index contributed by atoms with van der Waals surface area (Å²) in [6.45, 7) is 4.18. The Kier molecular flexibility index (Phi) is 3.86. The van der Waals surface area contributed by atoms with Crippen LogP contribution in [0.15, 0.2) is 18.5 Å². The smallest absolute Gasteiger partial charge is 0.0475 e. The Bertz CT molecular complexity index is 260. The first-order chi connectivity index (χ1) is 6.27. The molecular weight excluding hydrogens is 162 g/mol. The minimum atomic E-state index is 0.234. The summed E-state index contributed by atoms with van der Waals surface area (Å²) in [6.07, 6.45) is 5.88. The van der Waals surface area contributed by atoms with Crippen LogP contribution in [0.4, 0.5) is 0 Å². The molecule has 1 rings (SSSR count). The molecule has 1 aromatic heterocycles. The van der Waals surface area contributed by atoms with Crippen LogP contribution in [0, 0.1) is 6.92 Å². The molecule has 0 amide bonds. The van der Waals surface area contributed by atoms with Gasteiger partial charge in [0.15, 0.2) is 0 Å². The van der Waals surface area contributed by atoms with Gasteiger partial charge in [-0.1, -0.05) is 19.4 Å². The van der Waals surface area contributed by atoms with Crippen LogP contribution in [0.3, 0.4) is 0 Å². The van der Waals surface area contributed by atoms with Crippen molar-refractivity contribution < 1.29 is 0 Å². The molecule has 0 aromatic carbocycles. The van der Waals surface area contributed by atoms with Gasteiger partial charge in [-0.25, -0.2) is 0 Å². The highest BCUT2D eigenvalue weighted by Gasteiger charge is 2.07. The summed E-state index contributed by atoms with van der Waals surface area (Å²) in [7, 11) is 0. The maximum atomic E-state index is 5.46. The molecule has 1 aromatic rings. The third-order valence-electron chi connectivity index (χ3n) is 2.08. The Hall–Kier alpha value is -0.930. The molecule has 0 aliphatic heterocycles. The Balaban J connectivity index is 2.78. The van der Waals surface area contributed by atoms with Crippen molar-refractivity contribution in [2.24, 2.45) is 5.84 Å². The van der Waals surface area contributed by atoms with Crippen LogP contribution in [0.1, 0.15) is 36.9 Å². The largest absolute Gasteiger partial charge is 0.271 e. The number of hydrazine groups is 1. The monoisotopic (exact) mass is 179 g/mol. The third kappa shape index (κ3) is 2.79. The highest BCUT2D eigenvalue weighted by atomic mass is 15.2. The summed E-state index contributed by atoms with van der Waals surface area (Å²) in [4.78, 5) is 4.14. The number of nitrogens with zero attached hydrogens (tertiary/aromatic N) is 1. The molecule has 1 atom stereocenters. The number of nitrogens with two attached hydrogens (primary N) is 1. The molecule has 0 spiro atoms. The van der Waals surface area contributed by atoms with E-state index in [1.807, 2.05) is 19.3 Å². The maximum absolute atomic E-state index is 5.46. The second-order valence-electron chi connectivity index (χ2n) is 3.30. The molecular formula is C10H17N3. The molecule has 0 bridgehead atoms. The van der Waals surface area contributed by atoms with Gasteiger partial charge >= 0.3 is 0 Å². The minimum absolute atomic E-state index is 0.234. The molecule has 1 unspecified atom stereocenters.